The van der Waals surface area contributed by atoms with Crippen molar-refractivity contribution in [3.8, 4) is 5.75 Å². The molecule has 0 amide bonds. The van der Waals surface area contributed by atoms with E-state index in [1.807, 2.05) is 6.07 Å². The summed E-state index contributed by atoms with van der Waals surface area (Å²) in [7, 11) is 0. The van der Waals surface area contributed by atoms with E-state index < -0.39 is 4.92 Å². The maximum absolute atomic E-state index is 10.5. The third-order valence-corrected chi connectivity index (χ3v) is 2.40. The summed E-state index contributed by atoms with van der Waals surface area (Å²) in [6, 6.07) is 5.41. The SMILES string of the molecule is O=[N+]([O-])C1=Cc2cc(Br)ccc2OC1. The number of ether oxygens (including phenoxy) is 1. The number of nitro groups is 1. The molecule has 0 saturated heterocycles. The van der Waals surface area contributed by atoms with Crippen molar-refractivity contribution in [3.63, 3.8) is 0 Å². The van der Waals surface area contributed by atoms with Crippen molar-refractivity contribution >= 4 is 22.0 Å². The van der Waals surface area contributed by atoms with Gasteiger partial charge in [0, 0.05) is 16.1 Å². The molecule has 0 unspecified atom stereocenters. The van der Waals surface area contributed by atoms with Gasteiger partial charge >= 0.3 is 0 Å². The fourth-order valence-electron chi connectivity index (χ4n) is 1.24. The van der Waals surface area contributed by atoms with Crippen LogP contribution in [0.25, 0.3) is 6.08 Å². The third-order valence-electron chi connectivity index (χ3n) is 1.90. The quantitative estimate of drug-likeness (QED) is 0.572. The van der Waals surface area contributed by atoms with Crippen LogP contribution in [0.15, 0.2) is 28.4 Å². The van der Waals surface area contributed by atoms with Crippen molar-refractivity contribution in [2.75, 3.05) is 6.61 Å². The Morgan fingerprint density at radius 1 is 1.50 bits per heavy atom. The Morgan fingerprint density at radius 3 is 3.00 bits per heavy atom. The van der Waals surface area contributed by atoms with Crippen LogP contribution in [-0.2, 0) is 0 Å². The van der Waals surface area contributed by atoms with Gasteiger partial charge in [-0.1, -0.05) is 15.9 Å². The first kappa shape index (κ1) is 9.21. The smallest absolute Gasteiger partial charge is 0.284 e. The molecular formula is C9H6BrNO3. The zero-order chi connectivity index (χ0) is 10.1. The highest BCUT2D eigenvalue weighted by molar-refractivity contribution is 9.10. The molecule has 72 valence electrons. The minimum Gasteiger partial charge on any atom is -0.482 e. The van der Waals surface area contributed by atoms with Crippen molar-refractivity contribution in [2.45, 2.75) is 0 Å². The average molecular weight is 256 g/mol. The van der Waals surface area contributed by atoms with E-state index in [1.165, 1.54) is 6.08 Å². The Morgan fingerprint density at radius 2 is 2.29 bits per heavy atom. The minimum absolute atomic E-state index is 0.0294. The molecule has 4 nitrogen and oxygen atoms in total. The Kier molecular flexibility index (Phi) is 2.25. The topological polar surface area (TPSA) is 52.4 Å². The standard InChI is InChI=1S/C9H6BrNO3/c10-7-1-2-9-6(3-7)4-8(5-14-9)11(12)13/h1-4H,5H2. The van der Waals surface area contributed by atoms with Gasteiger partial charge in [0.25, 0.3) is 5.70 Å². The number of halogens is 1. The number of nitrogens with zero attached hydrogens (tertiary/aromatic N) is 1. The van der Waals surface area contributed by atoms with Gasteiger partial charge in [-0.3, -0.25) is 10.1 Å². The first-order chi connectivity index (χ1) is 6.66. The summed E-state index contributed by atoms with van der Waals surface area (Å²) in [6.45, 7) is 0.0294. The lowest BCUT2D eigenvalue weighted by Gasteiger charge is -2.12. The highest BCUT2D eigenvalue weighted by Crippen LogP contribution is 2.28. The van der Waals surface area contributed by atoms with E-state index in [-0.39, 0.29) is 12.3 Å². The minimum atomic E-state index is -0.427. The van der Waals surface area contributed by atoms with Crippen LogP contribution >= 0.6 is 15.9 Å². The summed E-state index contributed by atoms with van der Waals surface area (Å²) in [5, 5.41) is 10.5. The van der Waals surface area contributed by atoms with E-state index in [1.54, 1.807) is 12.1 Å². The summed E-state index contributed by atoms with van der Waals surface area (Å²) in [5.74, 6) is 0.679. The van der Waals surface area contributed by atoms with Crippen LogP contribution in [0.2, 0.25) is 0 Å². The normalized spacial score (nSPS) is 13.9. The number of hydrogen-bond acceptors (Lipinski definition) is 3. The molecule has 0 saturated carbocycles. The Hall–Kier alpha value is -1.36. The van der Waals surface area contributed by atoms with Gasteiger partial charge in [0.05, 0.1) is 4.92 Å². The van der Waals surface area contributed by atoms with Crippen molar-refractivity contribution in [1.82, 2.24) is 0 Å². The zero-order valence-electron chi connectivity index (χ0n) is 7.07. The molecule has 1 aromatic rings. The zero-order valence-corrected chi connectivity index (χ0v) is 8.65. The second-order valence-corrected chi connectivity index (χ2v) is 3.78. The number of fused-ring (bicyclic) bond motifs is 1. The largest absolute Gasteiger partial charge is 0.482 e. The lowest BCUT2D eigenvalue weighted by molar-refractivity contribution is -0.427. The van der Waals surface area contributed by atoms with Gasteiger partial charge in [-0.2, -0.15) is 0 Å². The number of benzene rings is 1. The molecule has 0 radical (unpaired) electrons. The van der Waals surface area contributed by atoms with Crippen molar-refractivity contribution < 1.29 is 9.66 Å². The number of hydrogen-bond donors (Lipinski definition) is 0. The van der Waals surface area contributed by atoms with Crippen LogP contribution in [0.1, 0.15) is 5.56 Å². The van der Waals surface area contributed by atoms with Crippen molar-refractivity contribution in [2.24, 2.45) is 0 Å². The first-order valence-electron chi connectivity index (χ1n) is 3.94. The van der Waals surface area contributed by atoms with Gasteiger partial charge < -0.3 is 4.74 Å². The van der Waals surface area contributed by atoms with E-state index in [9.17, 15) is 10.1 Å². The summed E-state index contributed by atoms with van der Waals surface area (Å²) in [4.78, 5) is 10.1. The monoisotopic (exact) mass is 255 g/mol. The fraction of sp³-hybridized carbons (Fsp3) is 0.111. The maximum Gasteiger partial charge on any atom is 0.284 e. The third kappa shape index (κ3) is 1.63. The molecule has 0 N–H and O–H groups in total. The Bertz CT molecular complexity index is 428. The Labute approximate surface area is 88.5 Å². The second-order valence-electron chi connectivity index (χ2n) is 2.86. The molecule has 0 aromatic heterocycles. The molecule has 0 atom stereocenters. The molecule has 0 bridgehead atoms. The summed E-state index contributed by atoms with van der Waals surface area (Å²) in [5.41, 5.74) is 0.813. The molecule has 2 rings (SSSR count). The summed E-state index contributed by atoms with van der Waals surface area (Å²) < 4.78 is 6.10. The highest BCUT2D eigenvalue weighted by atomic mass is 79.9. The van der Waals surface area contributed by atoms with Gasteiger partial charge in [-0.25, -0.2) is 0 Å². The summed E-state index contributed by atoms with van der Waals surface area (Å²) in [6.07, 6.45) is 1.53. The molecule has 1 aliphatic heterocycles. The van der Waals surface area contributed by atoms with Gasteiger partial charge in [0.2, 0.25) is 0 Å². The lowest BCUT2D eigenvalue weighted by atomic mass is 10.1. The highest BCUT2D eigenvalue weighted by Gasteiger charge is 2.19. The predicted octanol–water partition coefficient (Wildman–Crippen LogP) is 2.46. The van der Waals surface area contributed by atoms with Crippen LogP contribution in [0.5, 0.6) is 5.75 Å². The van der Waals surface area contributed by atoms with E-state index >= 15 is 0 Å². The molecule has 0 spiro atoms. The van der Waals surface area contributed by atoms with Gasteiger partial charge in [-0.15, -0.1) is 0 Å². The van der Waals surface area contributed by atoms with Crippen molar-refractivity contribution in [3.05, 3.63) is 44.0 Å². The molecular weight excluding hydrogens is 250 g/mol. The fourth-order valence-corrected chi connectivity index (χ4v) is 1.62. The van der Waals surface area contributed by atoms with Crippen molar-refractivity contribution in [1.29, 1.82) is 0 Å². The first-order valence-corrected chi connectivity index (χ1v) is 4.73. The molecule has 0 fully saturated rings. The molecule has 5 heteroatoms. The van der Waals surface area contributed by atoms with Gasteiger partial charge in [-0.05, 0) is 18.2 Å². The van der Waals surface area contributed by atoms with Crippen LogP contribution in [0.4, 0.5) is 0 Å². The predicted molar refractivity (Wildman–Crippen MR) is 54.6 cm³/mol. The van der Waals surface area contributed by atoms with Crippen LogP contribution in [0.3, 0.4) is 0 Å². The molecule has 0 aliphatic carbocycles. The molecule has 1 aromatic carbocycles. The van der Waals surface area contributed by atoms with E-state index in [0.717, 1.165) is 10.0 Å². The van der Waals surface area contributed by atoms with E-state index in [0.29, 0.717) is 5.75 Å². The average Bonchev–Trinajstić information content (AvgIpc) is 2.16. The Balaban J connectivity index is 2.47. The molecule has 14 heavy (non-hydrogen) atoms. The summed E-state index contributed by atoms with van der Waals surface area (Å²) >= 11 is 3.29. The van der Waals surface area contributed by atoms with Crippen LogP contribution in [-0.4, -0.2) is 11.5 Å². The van der Waals surface area contributed by atoms with Gasteiger partial charge in [0.15, 0.2) is 6.61 Å². The van der Waals surface area contributed by atoms with E-state index in [2.05, 4.69) is 15.9 Å². The van der Waals surface area contributed by atoms with Crippen LogP contribution in [0, 0.1) is 10.1 Å². The lowest BCUT2D eigenvalue weighted by Crippen LogP contribution is -2.13. The van der Waals surface area contributed by atoms with E-state index in [4.69, 9.17) is 4.74 Å². The molecule has 1 heterocycles. The van der Waals surface area contributed by atoms with Crippen LogP contribution < -0.4 is 4.74 Å². The maximum atomic E-state index is 10.5. The molecule has 1 aliphatic rings. The second kappa shape index (κ2) is 3.42. The van der Waals surface area contributed by atoms with Gasteiger partial charge in [0.1, 0.15) is 5.75 Å². The number of rotatable bonds is 1.